The quantitative estimate of drug-likeness (QED) is 0.821. The van der Waals surface area contributed by atoms with Gasteiger partial charge in [-0.3, -0.25) is 0 Å². The number of nitrogens with one attached hydrogen (secondary N) is 1. The smallest absolute Gasteiger partial charge is 0.214 e. The second kappa shape index (κ2) is 4.37. The first kappa shape index (κ1) is 11.1. The van der Waals surface area contributed by atoms with Gasteiger partial charge < -0.3 is 5.32 Å². The van der Waals surface area contributed by atoms with Gasteiger partial charge in [-0.1, -0.05) is 18.2 Å². The number of rotatable bonds is 2. The van der Waals surface area contributed by atoms with Crippen LogP contribution in [0.5, 0.6) is 0 Å². The lowest BCUT2D eigenvalue weighted by molar-refractivity contribution is 0.583. The minimum Gasteiger partial charge on any atom is -0.363 e. The zero-order valence-corrected chi connectivity index (χ0v) is 9.66. The van der Waals surface area contributed by atoms with Crippen LogP contribution in [-0.2, 0) is 6.42 Å². The zero-order chi connectivity index (χ0) is 12.5. The average molecular weight is 246 g/mol. The number of benzene rings is 1. The molecule has 1 aromatic carbocycles. The van der Waals surface area contributed by atoms with Crippen molar-refractivity contribution < 1.29 is 8.78 Å². The maximum Gasteiger partial charge on any atom is 0.214 e. The van der Waals surface area contributed by atoms with Crippen LogP contribution in [0.1, 0.15) is 23.6 Å². The molecular formula is C14H12F2N2. The van der Waals surface area contributed by atoms with Crippen molar-refractivity contribution in [2.24, 2.45) is 0 Å². The molecule has 4 heteroatoms. The molecule has 3 rings (SSSR count). The maximum absolute atomic E-state index is 13.6. The van der Waals surface area contributed by atoms with Crippen LogP contribution in [0.4, 0.5) is 14.6 Å². The van der Waals surface area contributed by atoms with Gasteiger partial charge in [-0.05, 0) is 42.2 Å². The molecule has 18 heavy (non-hydrogen) atoms. The van der Waals surface area contributed by atoms with Crippen molar-refractivity contribution in [2.75, 3.05) is 5.32 Å². The van der Waals surface area contributed by atoms with Gasteiger partial charge >= 0.3 is 0 Å². The Labute approximate surface area is 104 Å². The number of pyridine rings is 1. The topological polar surface area (TPSA) is 24.9 Å². The van der Waals surface area contributed by atoms with Crippen molar-refractivity contribution >= 4 is 5.82 Å². The molecule has 1 unspecified atom stereocenters. The van der Waals surface area contributed by atoms with E-state index in [1.165, 1.54) is 12.1 Å². The lowest BCUT2D eigenvalue weighted by Crippen LogP contribution is -2.08. The highest BCUT2D eigenvalue weighted by Crippen LogP contribution is 2.34. The lowest BCUT2D eigenvalue weighted by Gasteiger charge is -2.14. The van der Waals surface area contributed by atoms with Crippen LogP contribution in [0.3, 0.4) is 0 Å². The van der Waals surface area contributed by atoms with E-state index in [4.69, 9.17) is 0 Å². The van der Waals surface area contributed by atoms with Gasteiger partial charge in [-0.15, -0.1) is 0 Å². The van der Waals surface area contributed by atoms with Crippen molar-refractivity contribution in [3.05, 3.63) is 59.3 Å². The van der Waals surface area contributed by atoms with E-state index in [2.05, 4.69) is 10.3 Å². The van der Waals surface area contributed by atoms with E-state index in [-0.39, 0.29) is 11.9 Å². The minimum atomic E-state index is -0.516. The molecule has 0 saturated carbocycles. The van der Waals surface area contributed by atoms with Crippen LogP contribution in [0.25, 0.3) is 0 Å². The largest absolute Gasteiger partial charge is 0.363 e. The van der Waals surface area contributed by atoms with E-state index in [9.17, 15) is 8.78 Å². The summed E-state index contributed by atoms with van der Waals surface area (Å²) in [4.78, 5) is 3.76. The van der Waals surface area contributed by atoms with Gasteiger partial charge in [0.15, 0.2) is 0 Å². The third-order valence-corrected chi connectivity index (χ3v) is 3.25. The van der Waals surface area contributed by atoms with Crippen molar-refractivity contribution in [2.45, 2.75) is 18.9 Å². The number of fused-ring (bicyclic) bond motifs is 1. The summed E-state index contributed by atoms with van der Waals surface area (Å²) < 4.78 is 26.6. The third-order valence-electron chi connectivity index (χ3n) is 3.25. The Hall–Kier alpha value is -1.97. The Morgan fingerprint density at radius 1 is 1.11 bits per heavy atom. The summed E-state index contributed by atoms with van der Waals surface area (Å²) >= 11 is 0. The minimum absolute atomic E-state index is 0.00463. The molecule has 1 aliphatic rings. The third kappa shape index (κ3) is 1.94. The standard InChI is InChI=1S/C14H12F2N2/c15-11-4-1-3-10-9(11)7-8-12(10)17-14-6-2-5-13(16)18-14/h1-6,12H,7-8H2,(H,17,18). The first-order valence-corrected chi connectivity index (χ1v) is 5.90. The fraction of sp³-hybridized carbons (Fsp3) is 0.214. The molecule has 2 aromatic rings. The molecule has 0 spiro atoms. The number of halogens is 2. The molecule has 1 atom stereocenters. The first-order chi connectivity index (χ1) is 8.74. The average Bonchev–Trinajstić information content (AvgIpc) is 2.74. The van der Waals surface area contributed by atoms with Gasteiger partial charge in [-0.2, -0.15) is 4.39 Å². The molecule has 1 heterocycles. The van der Waals surface area contributed by atoms with Gasteiger partial charge in [0, 0.05) is 0 Å². The van der Waals surface area contributed by atoms with E-state index < -0.39 is 5.95 Å². The van der Waals surface area contributed by atoms with Crippen LogP contribution in [0.15, 0.2) is 36.4 Å². The molecule has 2 nitrogen and oxygen atoms in total. The molecule has 0 amide bonds. The highest BCUT2D eigenvalue weighted by molar-refractivity contribution is 5.43. The molecule has 0 aliphatic heterocycles. The van der Waals surface area contributed by atoms with Crippen molar-refractivity contribution in [1.82, 2.24) is 4.98 Å². The Kier molecular flexibility index (Phi) is 2.70. The molecule has 1 N–H and O–H groups in total. The summed E-state index contributed by atoms with van der Waals surface area (Å²) in [6, 6.07) is 9.70. The van der Waals surface area contributed by atoms with Crippen molar-refractivity contribution in [3.8, 4) is 0 Å². The predicted molar refractivity (Wildman–Crippen MR) is 65.3 cm³/mol. The zero-order valence-electron chi connectivity index (χ0n) is 9.66. The molecule has 0 radical (unpaired) electrons. The molecule has 0 saturated heterocycles. The summed E-state index contributed by atoms with van der Waals surface area (Å²) in [7, 11) is 0. The SMILES string of the molecule is Fc1cccc(NC2CCc3c(F)cccc32)n1. The molecule has 1 aliphatic carbocycles. The summed E-state index contributed by atoms with van der Waals surface area (Å²) in [6.07, 6.45) is 1.50. The van der Waals surface area contributed by atoms with E-state index in [0.29, 0.717) is 12.2 Å². The van der Waals surface area contributed by atoms with Gasteiger partial charge in [-0.25, -0.2) is 9.37 Å². The highest BCUT2D eigenvalue weighted by atomic mass is 19.1. The number of hydrogen-bond donors (Lipinski definition) is 1. The number of aromatic nitrogens is 1. The van der Waals surface area contributed by atoms with Crippen LogP contribution in [-0.4, -0.2) is 4.98 Å². The van der Waals surface area contributed by atoms with E-state index in [0.717, 1.165) is 17.5 Å². The number of nitrogens with zero attached hydrogens (tertiary/aromatic N) is 1. The summed E-state index contributed by atoms with van der Waals surface area (Å²) in [5, 5.41) is 3.15. The summed E-state index contributed by atoms with van der Waals surface area (Å²) in [6.45, 7) is 0. The van der Waals surface area contributed by atoms with Gasteiger partial charge in [0.05, 0.1) is 6.04 Å². The maximum atomic E-state index is 13.6. The monoisotopic (exact) mass is 246 g/mol. The lowest BCUT2D eigenvalue weighted by atomic mass is 10.1. The molecule has 0 bridgehead atoms. The van der Waals surface area contributed by atoms with Gasteiger partial charge in [0.1, 0.15) is 11.6 Å². The van der Waals surface area contributed by atoms with Crippen LogP contribution in [0, 0.1) is 11.8 Å². The highest BCUT2D eigenvalue weighted by Gasteiger charge is 2.24. The fourth-order valence-electron chi connectivity index (χ4n) is 2.43. The second-order valence-corrected chi connectivity index (χ2v) is 4.39. The Morgan fingerprint density at radius 3 is 2.78 bits per heavy atom. The summed E-state index contributed by atoms with van der Waals surface area (Å²) in [5.41, 5.74) is 1.70. The molecule has 0 fully saturated rings. The first-order valence-electron chi connectivity index (χ1n) is 5.90. The summed E-state index contributed by atoms with van der Waals surface area (Å²) in [5.74, 6) is -0.196. The van der Waals surface area contributed by atoms with Gasteiger partial charge in [0.2, 0.25) is 5.95 Å². The van der Waals surface area contributed by atoms with Crippen molar-refractivity contribution in [1.29, 1.82) is 0 Å². The van der Waals surface area contributed by atoms with E-state index in [1.807, 2.05) is 6.07 Å². The van der Waals surface area contributed by atoms with Crippen LogP contribution < -0.4 is 5.32 Å². The van der Waals surface area contributed by atoms with Crippen LogP contribution in [0.2, 0.25) is 0 Å². The number of anilines is 1. The second-order valence-electron chi connectivity index (χ2n) is 4.39. The molecule has 92 valence electrons. The molecular weight excluding hydrogens is 234 g/mol. The number of hydrogen-bond acceptors (Lipinski definition) is 2. The fourth-order valence-corrected chi connectivity index (χ4v) is 2.43. The van der Waals surface area contributed by atoms with Crippen LogP contribution >= 0.6 is 0 Å². The Bertz CT molecular complexity index is 584. The Balaban J connectivity index is 1.87. The van der Waals surface area contributed by atoms with Gasteiger partial charge in [0.25, 0.3) is 0 Å². The van der Waals surface area contributed by atoms with Crippen molar-refractivity contribution in [3.63, 3.8) is 0 Å². The Morgan fingerprint density at radius 2 is 1.94 bits per heavy atom. The predicted octanol–water partition coefficient (Wildman–Crippen LogP) is 3.46. The normalized spacial score (nSPS) is 17.6. The molecule has 1 aromatic heterocycles. The van der Waals surface area contributed by atoms with E-state index in [1.54, 1.807) is 18.2 Å². The van der Waals surface area contributed by atoms with E-state index >= 15 is 0 Å².